The number of thiazole rings is 1. The second kappa shape index (κ2) is 9.36. The minimum Gasteiger partial charge on any atom is -0.298 e. The topological polar surface area (TPSA) is 54.9 Å². The van der Waals surface area contributed by atoms with Gasteiger partial charge in [-0.3, -0.25) is 10.1 Å². The van der Waals surface area contributed by atoms with Crippen molar-refractivity contribution in [2.45, 2.75) is 13.3 Å². The van der Waals surface area contributed by atoms with Crippen molar-refractivity contribution in [2.24, 2.45) is 0 Å². The second-order valence-corrected chi connectivity index (χ2v) is 9.53. The van der Waals surface area contributed by atoms with Gasteiger partial charge in [-0.15, -0.1) is 11.3 Å². The van der Waals surface area contributed by atoms with Crippen LogP contribution in [-0.4, -0.2) is 15.9 Å². The lowest BCUT2D eigenvalue weighted by atomic mass is 10.0. The van der Waals surface area contributed by atoms with E-state index in [-0.39, 0.29) is 5.91 Å². The summed E-state index contributed by atoms with van der Waals surface area (Å²) in [6.45, 7) is 2.13. The zero-order valence-corrected chi connectivity index (χ0v) is 20.5. The van der Waals surface area contributed by atoms with Gasteiger partial charge in [-0.05, 0) is 41.0 Å². The van der Waals surface area contributed by atoms with Gasteiger partial charge in [0.15, 0.2) is 5.13 Å². The number of amides is 1. The highest BCUT2D eigenvalue weighted by atomic mass is 32.1. The van der Waals surface area contributed by atoms with Crippen molar-refractivity contribution in [1.29, 1.82) is 0 Å². The number of carbonyl (C=O) groups is 1. The van der Waals surface area contributed by atoms with E-state index >= 15 is 0 Å². The van der Waals surface area contributed by atoms with Crippen LogP contribution in [0.3, 0.4) is 0 Å². The highest BCUT2D eigenvalue weighted by Crippen LogP contribution is 2.30. The molecule has 36 heavy (non-hydrogen) atoms. The predicted molar refractivity (Wildman–Crippen MR) is 150 cm³/mol. The molecule has 4 nitrogen and oxygen atoms in total. The van der Waals surface area contributed by atoms with Crippen LogP contribution < -0.4 is 5.32 Å². The van der Waals surface area contributed by atoms with Crippen LogP contribution in [0.4, 0.5) is 5.13 Å². The summed E-state index contributed by atoms with van der Waals surface area (Å²) < 4.78 is 0. The number of aryl methyl sites for hydroxylation is 1. The molecule has 0 saturated heterocycles. The first-order valence-corrected chi connectivity index (χ1v) is 12.8. The zero-order chi connectivity index (χ0) is 24.5. The van der Waals surface area contributed by atoms with E-state index < -0.39 is 0 Å². The maximum absolute atomic E-state index is 13.5. The third-order valence-corrected chi connectivity index (χ3v) is 7.15. The number of hydrogen-bond donors (Lipinski definition) is 1. The van der Waals surface area contributed by atoms with Crippen molar-refractivity contribution < 1.29 is 4.79 Å². The van der Waals surface area contributed by atoms with Crippen LogP contribution in [-0.2, 0) is 6.42 Å². The standard InChI is InChI=1S/C31H23N3OS/c1-2-20-11-13-22(14-12-20)28-18-26(25-9-5-6-10-27(25)32-28)30(35)34-31-33-29(19-36-31)24-16-15-21-7-3-4-8-23(21)17-24/h3-19H,2H2,1H3,(H,33,34,35). The number of para-hydroxylation sites is 1. The maximum Gasteiger partial charge on any atom is 0.258 e. The van der Waals surface area contributed by atoms with Crippen molar-refractivity contribution in [2.75, 3.05) is 5.32 Å². The second-order valence-electron chi connectivity index (χ2n) is 8.68. The molecule has 2 aromatic heterocycles. The lowest BCUT2D eigenvalue weighted by Gasteiger charge is -2.10. The Kier molecular flexibility index (Phi) is 5.76. The first-order chi connectivity index (χ1) is 17.7. The van der Waals surface area contributed by atoms with E-state index in [0.29, 0.717) is 10.7 Å². The van der Waals surface area contributed by atoms with Gasteiger partial charge in [0.1, 0.15) is 0 Å². The Morgan fingerprint density at radius 3 is 2.36 bits per heavy atom. The summed E-state index contributed by atoms with van der Waals surface area (Å²) in [5.74, 6) is -0.195. The summed E-state index contributed by atoms with van der Waals surface area (Å²) >= 11 is 1.42. The maximum atomic E-state index is 13.5. The van der Waals surface area contributed by atoms with Crippen molar-refractivity contribution in [3.8, 4) is 22.5 Å². The molecular formula is C31H23N3OS. The number of anilines is 1. The largest absolute Gasteiger partial charge is 0.298 e. The number of pyridine rings is 1. The number of fused-ring (bicyclic) bond motifs is 2. The Bertz CT molecular complexity index is 1720. The van der Waals surface area contributed by atoms with Crippen molar-refractivity contribution in [3.05, 3.63) is 114 Å². The van der Waals surface area contributed by atoms with Gasteiger partial charge < -0.3 is 0 Å². The Morgan fingerprint density at radius 2 is 1.53 bits per heavy atom. The highest BCUT2D eigenvalue weighted by Gasteiger charge is 2.16. The number of aromatic nitrogens is 2. The van der Waals surface area contributed by atoms with Crippen molar-refractivity contribution in [1.82, 2.24) is 9.97 Å². The van der Waals surface area contributed by atoms with Gasteiger partial charge >= 0.3 is 0 Å². The monoisotopic (exact) mass is 485 g/mol. The number of carbonyl (C=O) groups excluding carboxylic acids is 1. The number of nitrogens with zero attached hydrogens (tertiary/aromatic N) is 2. The third-order valence-electron chi connectivity index (χ3n) is 6.39. The molecule has 0 aliphatic carbocycles. The summed E-state index contributed by atoms with van der Waals surface area (Å²) in [5, 5.41) is 8.73. The molecule has 0 radical (unpaired) electrons. The smallest absolute Gasteiger partial charge is 0.258 e. The van der Waals surface area contributed by atoms with E-state index in [1.165, 1.54) is 22.3 Å². The van der Waals surface area contributed by atoms with Crippen molar-refractivity contribution in [3.63, 3.8) is 0 Å². The molecule has 2 heterocycles. The van der Waals surface area contributed by atoms with Crippen LogP contribution >= 0.6 is 11.3 Å². The molecule has 5 heteroatoms. The van der Waals surface area contributed by atoms with Gasteiger partial charge in [0, 0.05) is 21.9 Å². The average Bonchev–Trinajstić information content (AvgIpc) is 3.40. The molecule has 1 amide bonds. The fraction of sp³-hybridized carbons (Fsp3) is 0.0645. The highest BCUT2D eigenvalue weighted by molar-refractivity contribution is 7.14. The van der Waals surface area contributed by atoms with E-state index in [1.54, 1.807) is 0 Å². The van der Waals surface area contributed by atoms with E-state index in [9.17, 15) is 4.79 Å². The minimum absolute atomic E-state index is 0.195. The molecule has 0 spiro atoms. The summed E-state index contributed by atoms with van der Waals surface area (Å²) in [6, 6.07) is 32.5. The van der Waals surface area contributed by atoms with E-state index in [4.69, 9.17) is 9.97 Å². The van der Waals surface area contributed by atoms with Gasteiger partial charge in [0.05, 0.1) is 22.5 Å². The Hall–Kier alpha value is -4.35. The van der Waals surface area contributed by atoms with Crippen LogP contribution in [0.5, 0.6) is 0 Å². The zero-order valence-electron chi connectivity index (χ0n) is 19.7. The van der Waals surface area contributed by atoms with Gasteiger partial charge in [-0.25, -0.2) is 9.97 Å². The average molecular weight is 486 g/mol. The molecule has 0 atom stereocenters. The van der Waals surface area contributed by atoms with Gasteiger partial charge in [0.2, 0.25) is 0 Å². The fourth-order valence-electron chi connectivity index (χ4n) is 4.40. The van der Waals surface area contributed by atoms with Crippen LogP contribution in [0.2, 0.25) is 0 Å². The third kappa shape index (κ3) is 4.25. The Balaban J connectivity index is 1.32. The number of nitrogens with one attached hydrogen (secondary N) is 1. The Morgan fingerprint density at radius 1 is 0.778 bits per heavy atom. The van der Waals surface area contributed by atoms with Crippen LogP contribution in [0.15, 0.2) is 102 Å². The van der Waals surface area contributed by atoms with Crippen LogP contribution in [0.1, 0.15) is 22.8 Å². The summed E-state index contributed by atoms with van der Waals surface area (Å²) in [4.78, 5) is 23.0. The van der Waals surface area contributed by atoms with Crippen LogP contribution in [0.25, 0.3) is 44.2 Å². The van der Waals surface area contributed by atoms with E-state index in [0.717, 1.165) is 45.2 Å². The molecule has 174 valence electrons. The van der Waals surface area contributed by atoms with Gasteiger partial charge in [0.25, 0.3) is 5.91 Å². The number of rotatable bonds is 5. The molecule has 1 N–H and O–H groups in total. The fourth-order valence-corrected chi connectivity index (χ4v) is 5.11. The quantitative estimate of drug-likeness (QED) is 0.269. The SMILES string of the molecule is CCc1ccc(-c2cc(C(=O)Nc3nc(-c4ccc5ccccc5c4)cs3)c3ccccc3n2)cc1. The lowest BCUT2D eigenvalue weighted by Crippen LogP contribution is -2.13. The summed E-state index contributed by atoms with van der Waals surface area (Å²) in [7, 11) is 0. The molecule has 0 unspecified atom stereocenters. The summed E-state index contributed by atoms with van der Waals surface area (Å²) in [5.41, 5.74) is 6.27. The first-order valence-electron chi connectivity index (χ1n) is 11.9. The molecule has 0 fully saturated rings. The van der Waals surface area contributed by atoms with Crippen molar-refractivity contribution >= 4 is 44.1 Å². The molecule has 0 saturated carbocycles. The number of hydrogen-bond acceptors (Lipinski definition) is 4. The lowest BCUT2D eigenvalue weighted by molar-refractivity contribution is 0.102. The van der Waals surface area contributed by atoms with Gasteiger partial charge in [-0.1, -0.05) is 85.8 Å². The molecule has 0 aliphatic heterocycles. The number of benzene rings is 4. The van der Waals surface area contributed by atoms with Crippen LogP contribution in [0, 0.1) is 0 Å². The Labute approximate surface area is 213 Å². The predicted octanol–water partition coefficient (Wildman–Crippen LogP) is 7.99. The molecule has 0 bridgehead atoms. The molecular weight excluding hydrogens is 462 g/mol. The molecule has 6 aromatic rings. The molecule has 4 aromatic carbocycles. The molecule has 6 rings (SSSR count). The normalized spacial score (nSPS) is 11.1. The van der Waals surface area contributed by atoms with E-state index in [2.05, 4.69) is 66.8 Å². The summed E-state index contributed by atoms with van der Waals surface area (Å²) in [6.07, 6.45) is 0.980. The van der Waals surface area contributed by atoms with E-state index in [1.807, 2.05) is 47.8 Å². The molecule has 0 aliphatic rings. The van der Waals surface area contributed by atoms with Gasteiger partial charge in [-0.2, -0.15) is 0 Å². The first kappa shape index (κ1) is 22.1. The minimum atomic E-state index is -0.195.